The van der Waals surface area contributed by atoms with Crippen molar-refractivity contribution in [3.8, 4) is 0 Å². The van der Waals surface area contributed by atoms with E-state index < -0.39 is 21.2 Å². The minimum Gasteiger partial charge on any atom is -0.212 e. The van der Waals surface area contributed by atoms with Gasteiger partial charge >= 0.3 is 0 Å². The molecule has 0 spiro atoms. The number of hydrogen-bond donors (Lipinski definition) is 0. The second kappa shape index (κ2) is 4.63. The molecule has 1 aromatic rings. The van der Waals surface area contributed by atoms with Gasteiger partial charge in [0.05, 0.1) is 5.75 Å². The SMILES string of the molecule is O=S(=O)(Cl)Cc1cc(Cl)ccc1C(F)F. The standard InChI is InChI=1S/C8H6Cl2F2O2S/c9-6-1-2-7(8(11)12)5(3-6)4-15(10,13)14/h1-3,8H,4H2. The van der Waals surface area contributed by atoms with E-state index in [1.807, 2.05) is 0 Å². The second-order valence-corrected chi connectivity index (χ2v) is 6.04. The van der Waals surface area contributed by atoms with Crippen molar-refractivity contribution in [2.45, 2.75) is 12.2 Å². The molecule has 1 aromatic carbocycles. The first kappa shape index (κ1) is 12.7. The van der Waals surface area contributed by atoms with Gasteiger partial charge in [-0.1, -0.05) is 17.7 Å². The summed E-state index contributed by atoms with van der Waals surface area (Å²) in [5.74, 6) is -0.658. The van der Waals surface area contributed by atoms with E-state index in [1.54, 1.807) is 0 Å². The van der Waals surface area contributed by atoms with Crippen LogP contribution in [0.1, 0.15) is 17.6 Å². The number of rotatable bonds is 3. The van der Waals surface area contributed by atoms with Gasteiger partial charge in [-0.25, -0.2) is 17.2 Å². The van der Waals surface area contributed by atoms with Crippen LogP contribution in [0.4, 0.5) is 8.78 Å². The van der Waals surface area contributed by atoms with Crippen molar-refractivity contribution < 1.29 is 17.2 Å². The van der Waals surface area contributed by atoms with Crippen LogP contribution in [0.25, 0.3) is 0 Å². The van der Waals surface area contributed by atoms with Gasteiger partial charge in [0.1, 0.15) is 0 Å². The molecule has 0 saturated heterocycles. The van der Waals surface area contributed by atoms with Gasteiger partial charge in [0.2, 0.25) is 9.05 Å². The van der Waals surface area contributed by atoms with Crippen LogP contribution >= 0.6 is 22.3 Å². The highest BCUT2D eigenvalue weighted by atomic mass is 35.7. The summed E-state index contributed by atoms with van der Waals surface area (Å²) in [6.07, 6.45) is -2.75. The molecule has 2 nitrogen and oxygen atoms in total. The lowest BCUT2D eigenvalue weighted by Gasteiger charge is -2.07. The molecule has 0 fully saturated rings. The third kappa shape index (κ3) is 3.93. The summed E-state index contributed by atoms with van der Waals surface area (Å²) >= 11 is 5.57. The van der Waals surface area contributed by atoms with Crippen molar-refractivity contribution >= 4 is 31.3 Å². The van der Waals surface area contributed by atoms with Crippen molar-refractivity contribution in [2.75, 3.05) is 0 Å². The first-order valence-electron chi connectivity index (χ1n) is 3.78. The van der Waals surface area contributed by atoms with Gasteiger partial charge in [-0.3, -0.25) is 0 Å². The van der Waals surface area contributed by atoms with Crippen LogP contribution in [0.15, 0.2) is 18.2 Å². The average Bonchev–Trinajstić information content (AvgIpc) is 1.99. The largest absolute Gasteiger partial charge is 0.264 e. The summed E-state index contributed by atoms with van der Waals surface area (Å²) in [4.78, 5) is 0. The Morgan fingerprint density at radius 2 is 1.93 bits per heavy atom. The topological polar surface area (TPSA) is 34.1 Å². The first-order chi connectivity index (χ1) is 6.79. The predicted molar refractivity (Wildman–Crippen MR) is 54.9 cm³/mol. The zero-order valence-corrected chi connectivity index (χ0v) is 9.58. The Morgan fingerprint density at radius 3 is 2.40 bits per heavy atom. The van der Waals surface area contributed by atoms with Crippen LogP contribution < -0.4 is 0 Å². The number of hydrogen-bond acceptors (Lipinski definition) is 2. The van der Waals surface area contributed by atoms with E-state index in [0.717, 1.165) is 6.07 Å². The number of halogens is 4. The molecule has 0 radical (unpaired) electrons. The molecule has 0 aliphatic rings. The molecule has 15 heavy (non-hydrogen) atoms. The smallest absolute Gasteiger partial charge is 0.212 e. The first-order valence-corrected chi connectivity index (χ1v) is 6.64. The maximum absolute atomic E-state index is 12.5. The van der Waals surface area contributed by atoms with E-state index in [1.165, 1.54) is 12.1 Å². The summed E-state index contributed by atoms with van der Waals surface area (Å²) in [6, 6.07) is 3.53. The highest BCUT2D eigenvalue weighted by Gasteiger charge is 2.17. The molecule has 1 rings (SSSR count). The Labute approximate surface area is 95.2 Å². The van der Waals surface area contributed by atoms with Gasteiger partial charge in [0.15, 0.2) is 0 Å². The monoisotopic (exact) mass is 274 g/mol. The van der Waals surface area contributed by atoms with Gasteiger partial charge in [-0.05, 0) is 17.7 Å². The van der Waals surface area contributed by atoms with E-state index in [4.69, 9.17) is 22.3 Å². The van der Waals surface area contributed by atoms with Crippen LogP contribution in [-0.4, -0.2) is 8.42 Å². The molecule has 0 aromatic heterocycles. The lowest BCUT2D eigenvalue weighted by molar-refractivity contribution is 0.150. The fourth-order valence-electron chi connectivity index (χ4n) is 1.10. The molecule has 0 saturated carbocycles. The van der Waals surface area contributed by atoms with Crippen molar-refractivity contribution in [3.63, 3.8) is 0 Å². The predicted octanol–water partition coefficient (Wildman–Crippen LogP) is 3.35. The Kier molecular flexibility index (Phi) is 3.92. The van der Waals surface area contributed by atoms with Gasteiger partial charge in [0, 0.05) is 21.3 Å². The third-order valence-electron chi connectivity index (χ3n) is 1.67. The van der Waals surface area contributed by atoms with Crippen molar-refractivity contribution in [1.82, 2.24) is 0 Å². The van der Waals surface area contributed by atoms with Crippen LogP contribution in [0.3, 0.4) is 0 Å². The summed E-state index contributed by atoms with van der Waals surface area (Å²) in [5.41, 5.74) is -0.448. The Balaban J connectivity index is 3.19. The fourth-order valence-corrected chi connectivity index (χ4v) is 2.27. The fraction of sp³-hybridized carbons (Fsp3) is 0.250. The Bertz CT molecular complexity index is 460. The summed E-state index contributed by atoms with van der Waals surface area (Å²) in [7, 11) is 1.11. The molecule has 0 N–H and O–H groups in total. The maximum atomic E-state index is 12.5. The third-order valence-corrected chi connectivity index (χ3v) is 2.89. The zero-order valence-electron chi connectivity index (χ0n) is 7.25. The van der Waals surface area contributed by atoms with Crippen LogP contribution in [0.2, 0.25) is 5.02 Å². The van der Waals surface area contributed by atoms with Gasteiger partial charge in [0.25, 0.3) is 6.43 Å². The summed E-state index contributed by atoms with van der Waals surface area (Å²) < 4.78 is 46.4. The van der Waals surface area contributed by atoms with Gasteiger partial charge in [-0.15, -0.1) is 0 Å². The Hall–Kier alpha value is -0.390. The van der Waals surface area contributed by atoms with Gasteiger partial charge in [-0.2, -0.15) is 0 Å². The molecule has 7 heteroatoms. The maximum Gasteiger partial charge on any atom is 0.264 e. The highest BCUT2D eigenvalue weighted by Crippen LogP contribution is 2.27. The lowest BCUT2D eigenvalue weighted by Crippen LogP contribution is -2.00. The molecule has 0 atom stereocenters. The van der Waals surface area contributed by atoms with E-state index in [0.29, 0.717) is 0 Å². The summed E-state index contributed by atoms with van der Waals surface area (Å²) in [6.45, 7) is 0. The number of benzene rings is 1. The lowest BCUT2D eigenvalue weighted by atomic mass is 10.1. The van der Waals surface area contributed by atoms with Crippen LogP contribution in [0.5, 0.6) is 0 Å². The minimum atomic E-state index is -3.87. The minimum absolute atomic E-state index is 0.0764. The number of alkyl halides is 2. The molecular weight excluding hydrogens is 269 g/mol. The van der Waals surface area contributed by atoms with Crippen molar-refractivity contribution in [3.05, 3.63) is 34.3 Å². The second-order valence-electron chi connectivity index (χ2n) is 2.83. The normalized spacial score (nSPS) is 12.1. The quantitative estimate of drug-likeness (QED) is 0.793. The summed E-state index contributed by atoms with van der Waals surface area (Å²) in [5, 5.41) is 0.190. The molecule has 0 amide bonds. The van der Waals surface area contributed by atoms with Gasteiger partial charge < -0.3 is 0 Å². The van der Waals surface area contributed by atoms with E-state index in [2.05, 4.69) is 0 Å². The average molecular weight is 275 g/mol. The van der Waals surface area contributed by atoms with Crippen molar-refractivity contribution in [1.29, 1.82) is 0 Å². The Morgan fingerprint density at radius 1 is 1.33 bits per heavy atom. The molecular formula is C8H6Cl2F2O2S. The van der Waals surface area contributed by atoms with Crippen LogP contribution in [0, 0.1) is 0 Å². The van der Waals surface area contributed by atoms with E-state index >= 15 is 0 Å². The molecule has 0 aliphatic heterocycles. The molecule has 0 heterocycles. The molecule has 84 valence electrons. The zero-order chi connectivity index (χ0) is 11.6. The van der Waals surface area contributed by atoms with Crippen LogP contribution in [-0.2, 0) is 14.8 Å². The van der Waals surface area contributed by atoms with E-state index in [9.17, 15) is 17.2 Å². The molecule has 0 unspecified atom stereocenters. The molecule has 0 bridgehead atoms. The van der Waals surface area contributed by atoms with Crippen molar-refractivity contribution in [2.24, 2.45) is 0 Å². The highest BCUT2D eigenvalue weighted by molar-refractivity contribution is 8.13. The van der Waals surface area contributed by atoms with E-state index in [-0.39, 0.29) is 16.1 Å². The molecule has 0 aliphatic carbocycles.